The van der Waals surface area contributed by atoms with Crippen LogP contribution in [0.3, 0.4) is 0 Å². The molecule has 5 rings (SSSR count). The van der Waals surface area contributed by atoms with Crippen LogP contribution in [0.5, 0.6) is 5.88 Å². The molecule has 2 aliphatic heterocycles. The van der Waals surface area contributed by atoms with Gasteiger partial charge in [-0.25, -0.2) is 4.99 Å². The summed E-state index contributed by atoms with van der Waals surface area (Å²) < 4.78 is 0. The van der Waals surface area contributed by atoms with Crippen LogP contribution >= 0.6 is 23.5 Å². The van der Waals surface area contributed by atoms with Crippen molar-refractivity contribution in [3.8, 4) is 5.88 Å². The van der Waals surface area contributed by atoms with Crippen molar-refractivity contribution in [1.29, 1.82) is 0 Å². The summed E-state index contributed by atoms with van der Waals surface area (Å²) in [6.07, 6.45) is 9.87. The Morgan fingerprint density at radius 3 is 2.18 bits per heavy atom. The Bertz CT molecular complexity index is 1730. The molecule has 0 fully saturated rings. The monoisotopic (exact) mass is 728 g/mol. The van der Waals surface area contributed by atoms with Crippen molar-refractivity contribution < 1.29 is 9.90 Å². The first-order chi connectivity index (χ1) is 23.6. The van der Waals surface area contributed by atoms with Gasteiger partial charge in [-0.2, -0.15) is 0 Å². The number of nitrogens with zero attached hydrogens (tertiary/aromatic N) is 1. The lowest BCUT2D eigenvalue weighted by Crippen LogP contribution is -2.35. The maximum absolute atomic E-state index is 13.8. The molecule has 51 heavy (non-hydrogen) atoms. The van der Waals surface area contributed by atoms with Gasteiger partial charge >= 0.3 is 0 Å². The summed E-state index contributed by atoms with van der Waals surface area (Å²) in [5, 5.41) is 11.7. The third-order valence-corrected chi connectivity index (χ3v) is 13.7. The second kappa shape index (κ2) is 14.8. The average Bonchev–Trinajstić information content (AvgIpc) is 3.72. The zero-order chi connectivity index (χ0) is 37.8. The second-order valence-corrected chi connectivity index (χ2v) is 21.6. The minimum atomic E-state index is -0.268. The topological polar surface area (TPSA) is 65.5 Å². The van der Waals surface area contributed by atoms with Crippen molar-refractivity contribution in [2.24, 2.45) is 40.0 Å². The minimum absolute atomic E-state index is 0.0359. The Morgan fingerprint density at radius 2 is 1.63 bits per heavy atom. The third kappa shape index (κ3) is 8.69. The van der Waals surface area contributed by atoms with Crippen molar-refractivity contribution in [2.45, 2.75) is 132 Å². The van der Waals surface area contributed by atoms with Crippen LogP contribution in [0.15, 0.2) is 51.9 Å². The fourth-order valence-electron chi connectivity index (χ4n) is 7.99. The highest BCUT2D eigenvalue weighted by Gasteiger charge is 2.39. The molecule has 1 aliphatic carbocycles. The van der Waals surface area contributed by atoms with Gasteiger partial charge in [0.15, 0.2) is 5.88 Å². The molecule has 1 aromatic carbocycles. The molecular formula is C45H64N2O2S2. The molecule has 0 saturated carbocycles. The summed E-state index contributed by atoms with van der Waals surface area (Å²) in [6.45, 7) is 32.3. The molecule has 2 N–H and O–H groups in total. The van der Waals surface area contributed by atoms with E-state index in [-0.39, 0.29) is 33.3 Å². The van der Waals surface area contributed by atoms with Crippen LogP contribution in [-0.2, 0) is 10.8 Å². The largest absolute Gasteiger partial charge is 0.494 e. The van der Waals surface area contributed by atoms with Crippen LogP contribution in [0.4, 0.5) is 0 Å². The number of carbonyl (C=O) groups is 1. The lowest BCUT2D eigenvalue weighted by atomic mass is 9.62. The number of aromatic hydroxyl groups is 1. The fourth-order valence-corrected chi connectivity index (χ4v) is 10.3. The van der Waals surface area contributed by atoms with Gasteiger partial charge in [0, 0.05) is 20.8 Å². The summed E-state index contributed by atoms with van der Waals surface area (Å²) in [5.41, 5.74) is 8.15. The molecule has 3 aliphatic rings. The highest BCUT2D eigenvalue weighted by atomic mass is 32.2. The summed E-state index contributed by atoms with van der Waals surface area (Å²) in [4.78, 5) is 23.7. The maximum Gasteiger partial charge on any atom is 0.280 e. The molecule has 4 unspecified atom stereocenters. The number of fused-ring (bicyclic) bond motifs is 1. The highest BCUT2D eigenvalue weighted by molar-refractivity contribution is 8.08. The molecule has 0 saturated heterocycles. The van der Waals surface area contributed by atoms with E-state index >= 15 is 0 Å². The predicted octanol–water partition coefficient (Wildman–Crippen LogP) is 13.0. The molecule has 278 valence electrons. The zero-order valence-corrected chi connectivity index (χ0v) is 35.5. The van der Waals surface area contributed by atoms with E-state index in [4.69, 9.17) is 0 Å². The van der Waals surface area contributed by atoms with Crippen molar-refractivity contribution in [1.82, 2.24) is 4.98 Å². The number of aromatic amines is 1. The minimum Gasteiger partial charge on any atom is -0.494 e. The van der Waals surface area contributed by atoms with E-state index in [1.165, 1.54) is 22.3 Å². The van der Waals surface area contributed by atoms with Gasteiger partial charge in [0.1, 0.15) is 0 Å². The van der Waals surface area contributed by atoms with Crippen LogP contribution in [0.2, 0.25) is 0 Å². The van der Waals surface area contributed by atoms with Crippen LogP contribution in [0.25, 0.3) is 4.91 Å². The number of rotatable bonds is 9. The first-order valence-electron chi connectivity index (χ1n) is 19.2. The number of benzene rings is 1. The summed E-state index contributed by atoms with van der Waals surface area (Å²) in [5.74, 6) is 3.50. The number of hydrogen-bond donors (Lipinski definition) is 2. The number of amides is 1. The lowest BCUT2D eigenvalue weighted by molar-refractivity contribution is 0.101. The van der Waals surface area contributed by atoms with Gasteiger partial charge in [-0.3, -0.25) is 4.79 Å². The predicted molar refractivity (Wildman–Crippen MR) is 223 cm³/mol. The second-order valence-electron chi connectivity index (χ2n) is 19.3. The van der Waals surface area contributed by atoms with Crippen LogP contribution in [0.1, 0.15) is 160 Å². The molecule has 0 bridgehead atoms. The Labute approximate surface area is 317 Å². The number of hydrogen-bond acceptors (Lipinski definition) is 4. The van der Waals surface area contributed by atoms with Gasteiger partial charge in [-0.15, -0.1) is 23.5 Å². The molecule has 6 heteroatoms. The molecule has 1 aromatic heterocycles. The number of carbonyl (C=O) groups excluding carboxylic acids is 1. The van der Waals surface area contributed by atoms with E-state index in [0.29, 0.717) is 52.1 Å². The number of thioether (sulfide) groups is 2. The third-order valence-electron chi connectivity index (χ3n) is 11.2. The van der Waals surface area contributed by atoms with Gasteiger partial charge in [-0.1, -0.05) is 139 Å². The van der Waals surface area contributed by atoms with E-state index in [0.717, 1.165) is 34.8 Å². The van der Waals surface area contributed by atoms with Crippen LogP contribution < -0.4 is 0 Å². The van der Waals surface area contributed by atoms with Crippen molar-refractivity contribution in [3.63, 3.8) is 0 Å². The van der Waals surface area contributed by atoms with Crippen LogP contribution in [0, 0.1) is 35.0 Å². The molecular weight excluding hydrogens is 665 g/mol. The molecule has 4 nitrogen and oxygen atoms in total. The van der Waals surface area contributed by atoms with E-state index in [1.807, 2.05) is 0 Å². The van der Waals surface area contributed by atoms with E-state index in [9.17, 15) is 9.90 Å². The van der Waals surface area contributed by atoms with E-state index in [2.05, 4.69) is 143 Å². The van der Waals surface area contributed by atoms with E-state index < -0.39 is 0 Å². The Kier molecular flexibility index (Phi) is 11.5. The molecule has 4 atom stereocenters. The molecule has 3 heterocycles. The highest BCUT2D eigenvalue weighted by Crippen LogP contribution is 2.52. The smallest absolute Gasteiger partial charge is 0.280 e. The van der Waals surface area contributed by atoms with Crippen molar-refractivity contribution in [3.05, 3.63) is 80.4 Å². The SMILES string of the molecule is CC(C)C/C=C(\SCC1=CC(C(C)(C)C)C(C)C(C(C)C)C1)C1=NC(=O)c2c(C3=CCC(c4cc(C(C)(C)C)cc(C(C)(C)C)c4)S3)[nH]c(O)c21. The quantitative estimate of drug-likeness (QED) is 0.252. The van der Waals surface area contributed by atoms with Gasteiger partial charge in [-0.05, 0) is 81.8 Å². The molecule has 1 amide bonds. The average molecular weight is 729 g/mol. The number of allylic oxidation sites excluding steroid dienone is 4. The van der Waals surface area contributed by atoms with Gasteiger partial charge in [0.05, 0.1) is 22.5 Å². The molecule has 0 spiro atoms. The van der Waals surface area contributed by atoms with Crippen LogP contribution in [-0.4, -0.2) is 27.5 Å². The van der Waals surface area contributed by atoms with Gasteiger partial charge in [0.25, 0.3) is 5.91 Å². The fraction of sp³-hybridized carbons (Fsp3) is 0.600. The lowest BCUT2D eigenvalue weighted by Gasteiger charge is -2.43. The zero-order valence-electron chi connectivity index (χ0n) is 33.9. The first-order valence-corrected chi connectivity index (χ1v) is 21.1. The van der Waals surface area contributed by atoms with Crippen molar-refractivity contribution in [2.75, 3.05) is 5.75 Å². The van der Waals surface area contributed by atoms with Gasteiger partial charge < -0.3 is 10.1 Å². The normalized spacial score (nSPS) is 23.3. The number of nitrogens with one attached hydrogen (secondary N) is 1. The standard InChI is InChI=1S/C45H64N2O2S2/c1-25(2)15-16-35(50-24-28-19-32(26(3)4)27(5)33(20-28)45(12,13)14)39-37-38(42(49)46-39)40(47-41(37)48)36-18-17-34(51-36)29-21-30(43(6,7)8)23-31(22-29)44(9,10)11/h16,18,20-23,25-27,32-34,47-48H,15,17,19,24H2,1-14H3/b35-16-. The first kappa shape index (κ1) is 39.8. The van der Waals surface area contributed by atoms with Crippen molar-refractivity contribution >= 4 is 40.0 Å². The summed E-state index contributed by atoms with van der Waals surface area (Å²) >= 11 is 3.56. The Morgan fingerprint density at radius 1 is 1.00 bits per heavy atom. The van der Waals surface area contributed by atoms with E-state index in [1.54, 1.807) is 23.5 Å². The molecule has 2 aromatic rings. The number of aliphatic imine (C=N–C) groups is 1. The summed E-state index contributed by atoms with van der Waals surface area (Å²) in [6, 6.07) is 7.10. The Balaban J connectivity index is 1.43. The molecule has 0 radical (unpaired) electrons. The Hall–Kier alpha value is -2.44. The summed E-state index contributed by atoms with van der Waals surface area (Å²) in [7, 11) is 0. The maximum atomic E-state index is 13.8. The number of H-pyrrole nitrogens is 1. The number of aromatic nitrogens is 1. The van der Waals surface area contributed by atoms with Gasteiger partial charge in [0.2, 0.25) is 0 Å².